The highest BCUT2D eigenvalue weighted by atomic mass is 16.2. The molecule has 1 aliphatic heterocycles. The summed E-state index contributed by atoms with van der Waals surface area (Å²) < 4.78 is 2.29. The summed E-state index contributed by atoms with van der Waals surface area (Å²) in [5.41, 5.74) is 4.92. The highest BCUT2D eigenvalue weighted by Crippen LogP contribution is 2.31. The molecular weight excluding hydrogens is 438 g/mol. The van der Waals surface area contributed by atoms with Gasteiger partial charge in [0.15, 0.2) is 0 Å². The van der Waals surface area contributed by atoms with E-state index >= 15 is 0 Å². The summed E-state index contributed by atoms with van der Waals surface area (Å²) >= 11 is 0. The topological polar surface area (TPSA) is 78.4 Å². The molecule has 1 aromatic heterocycles. The summed E-state index contributed by atoms with van der Waals surface area (Å²) in [5.74, 6) is 0.0951. The molecule has 0 bridgehead atoms. The van der Waals surface area contributed by atoms with Crippen molar-refractivity contribution in [3.8, 4) is 0 Å². The molecule has 5 rings (SSSR count). The zero-order valence-electron chi connectivity index (χ0n) is 20.2. The number of hydrogen-bond acceptors (Lipinski definition) is 3. The van der Waals surface area contributed by atoms with Crippen molar-refractivity contribution >= 4 is 50.8 Å². The maximum Gasteiger partial charge on any atom is 0.323 e. The van der Waals surface area contributed by atoms with E-state index in [0.29, 0.717) is 6.42 Å². The van der Waals surface area contributed by atoms with E-state index in [-0.39, 0.29) is 18.0 Å². The largest absolute Gasteiger partial charge is 0.369 e. The van der Waals surface area contributed by atoms with Gasteiger partial charge in [0.05, 0.1) is 0 Å². The highest BCUT2D eigenvalue weighted by Gasteiger charge is 2.23. The van der Waals surface area contributed by atoms with E-state index in [0.717, 1.165) is 54.0 Å². The number of fused-ring (bicyclic) bond motifs is 3. The van der Waals surface area contributed by atoms with E-state index in [2.05, 4.69) is 56.6 Å². The predicted octanol–water partition coefficient (Wildman–Crippen LogP) is 5.56. The molecule has 0 spiro atoms. The SMILES string of the molecule is CCC(=O)NC1CCN(c2ccc(NC(=O)Nc3ccc4c(c3)c3ccccc3n4CC)cc2)C1. The average molecular weight is 470 g/mol. The van der Waals surface area contributed by atoms with Gasteiger partial charge in [0.1, 0.15) is 0 Å². The first-order chi connectivity index (χ1) is 17.1. The van der Waals surface area contributed by atoms with Gasteiger partial charge in [0.25, 0.3) is 0 Å². The number of aryl methyl sites for hydroxylation is 1. The van der Waals surface area contributed by atoms with Crippen molar-refractivity contribution < 1.29 is 9.59 Å². The maximum absolute atomic E-state index is 12.7. The van der Waals surface area contributed by atoms with Gasteiger partial charge >= 0.3 is 6.03 Å². The lowest BCUT2D eigenvalue weighted by molar-refractivity contribution is -0.121. The Bertz CT molecular complexity index is 1380. The molecule has 2 heterocycles. The van der Waals surface area contributed by atoms with Gasteiger partial charge in [-0.3, -0.25) is 4.79 Å². The lowest BCUT2D eigenvalue weighted by Gasteiger charge is -2.19. The van der Waals surface area contributed by atoms with Crippen LogP contribution in [0.4, 0.5) is 21.9 Å². The van der Waals surface area contributed by atoms with Crippen LogP contribution in [-0.2, 0) is 11.3 Å². The van der Waals surface area contributed by atoms with Gasteiger partial charge in [-0.15, -0.1) is 0 Å². The summed E-state index contributed by atoms with van der Waals surface area (Å²) in [6.07, 6.45) is 1.45. The number of rotatable bonds is 6. The first kappa shape index (κ1) is 22.8. The molecule has 7 heteroatoms. The minimum absolute atomic E-state index is 0.0951. The number of carbonyl (C=O) groups is 2. The Balaban J connectivity index is 1.24. The van der Waals surface area contributed by atoms with Crippen LogP contribution in [-0.4, -0.2) is 35.6 Å². The van der Waals surface area contributed by atoms with Gasteiger partial charge in [0.2, 0.25) is 5.91 Å². The average Bonchev–Trinajstić information content (AvgIpc) is 3.46. The number of anilines is 3. The Morgan fingerprint density at radius 1 is 0.886 bits per heavy atom. The molecule has 4 aromatic rings. The molecule has 1 fully saturated rings. The van der Waals surface area contributed by atoms with Gasteiger partial charge in [0, 0.05) is 71.0 Å². The zero-order valence-corrected chi connectivity index (χ0v) is 20.2. The molecule has 7 nitrogen and oxygen atoms in total. The van der Waals surface area contributed by atoms with Gasteiger partial charge in [-0.05, 0) is 61.9 Å². The van der Waals surface area contributed by atoms with Gasteiger partial charge in [-0.1, -0.05) is 25.1 Å². The Kier molecular flexibility index (Phi) is 6.31. The minimum atomic E-state index is -0.278. The molecular formula is C28H31N5O2. The quantitative estimate of drug-likeness (QED) is 0.346. The van der Waals surface area contributed by atoms with E-state index in [4.69, 9.17) is 0 Å². The van der Waals surface area contributed by atoms with Crippen molar-refractivity contribution in [2.24, 2.45) is 0 Å². The summed E-state index contributed by atoms with van der Waals surface area (Å²) in [5, 5.41) is 11.3. The molecule has 3 N–H and O–H groups in total. The van der Waals surface area contributed by atoms with Crippen molar-refractivity contribution in [3.05, 3.63) is 66.7 Å². The van der Waals surface area contributed by atoms with Crippen molar-refractivity contribution in [2.45, 2.75) is 39.3 Å². The number of urea groups is 1. The fourth-order valence-electron chi connectivity index (χ4n) is 4.96. The molecule has 1 unspecified atom stereocenters. The Hall–Kier alpha value is -4.00. The van der Waals surface area contributed by atoms with Gasteiger partial charge in [-0.25, -0.2) is 4.79 Å². The predicted molar refractivity (Wildman–Crippen MR) is 143 cm³/mol. The second-order valence-corrected chi connectivity index (χ2v) is 8.97. The van der Waals surface area contributed by atoms with Crippen LogP contribution in [0.15, 0.2) is 66.7 Å². The lowest BCUT2D eigenvalue weighted by atomic mass is 10.1. The molecule has 180 valence electrons. The fraction of sp³-hybridized carbons (Fsp3) is 0.286. The summed E-state index contributed by atoms with van der Waals surface area (Å²) in [6.45, 7) is 6.60. The van der Waals surface area contributed by atoms with Crippen LogP contribution in [0.1, 0.15) is 26.7 Å². The first-order valence-corrected chi connectivity index (χ1v) is 12.3. The third-order valence-electron chi connectivity index (χ3n) is 6.71. The highest BCUT2D eigenvalue weighted by molar-refractivity contribution is 6.10. The van der Waals surface area contributed by atoms with E-state index in [9.17, 15) is 9.59 Å². The summed E-state index contributed by atoms with van der Waals surface area (Å²) in [4.78, 5) is 26.6. The first-order valence-electron chi connectivity index (χ1n) is 12.3. The lowest BCUT2D eigenvalue weighted by Crippen LogP contribution is -2.36. The molecule has 0 radical (unpaired) electrons. The van der Waals surface area contributed by atoms with Crippen LogP contribution in [0.2, 0.25) is 0 Å². The summed E-state index contributed by atoms with van der Waals surface area (Å²) in [6, 6.07) is 22.1. The molecule has 0 saturated carbocycles. The normalized spacial score (nSPS) is 15.5. The molecule has 3 amide bonds. The Morgan fingerprint density at radius 2 is 1.60 bits per heavy atom. The summed E-state index contributed by atoms with van der Waals surface area (Å²) in [7, 11) is 0. The molecule has 35 heavy (non-hydrogen) atoms. The van der Waals surface area contributed by atoms with Crippen molar-refractivity contribution in [2.75, 3.05) is 28.6 Å². The third-order valence-corrected chi connectivity index (χ3v) is 6.71. The number of carbonyl (C=O) groups excluding carboxylic acids is 2. The number of nitrogens with one attached hydrogen (secondary N) is 3. The number of nitrogens with zero attached hydrogens (tertiary/aromatic N) is 2. The Labute approximate surface area is 205 Å². The van der Waals surface area contributed by atoms with Gasteiger partial charge in [-0.2, -0.15) is 0 Å². The second-order valence-electron chi connectivity index (χ2n) is 8.97. The number of aromatic nitrogens is 1. The molecule has 0 aliphatic carbocycles. The van der Waals surface area contributed by atoms with Crippen LogP contribution in [0.3, 0.4) is 0 Å². The van der Waals surface area contributed by atoms with Crippen molar-refractivity contribution in [3.63, 3.8) is 0 Å². The van der Waals surface area contributed by atoms with Crippen LogP contribution in [0.25, 0.3) is 21.8 Å². The fourth-order valence-corrected chi connectivity index (χ4v) is 4.96. The molecule has 1 aliphatic rings. The standard InChI is InChI=1S/C28H31N5O2/c1-3-27(34)29-21-15-16-32(18-21)22-12-9-19(10-13-22)30-28(35)31-20-11-14-26-24(17-20)23-7-5-6-8-25(23)33(26)4-2/h5-14,17,21H,3-4,15-16,18H2,1-2H3,(H,29,34)(H2,30,31,35). The monoisotopic (exact) mass is 469 g/mol. The van der Waals surface area contributed by atoms with Crippen molar-refractivity contribution in [1.82, 2.24) is 9.88 Å². The van der Waals surface area contributed by atoms with Crippen LogP contribution in [0.5, 0.6) is 0 Å². The number of amides is 3. The minimum Gasteiger partial charge on any atom is -0.369 e. The van der Waals surface area contributed by atoms with E-state index in [1.54, 1.807) is 0 Å². The molecule has 3 aromatic carbocycles. The Morgan fingerprint density at radius 3 is 2.37 bits per heavy atom. The molecule has 1 atom stereocenters. The number of benzene rings is 3. The smallest absolute Gasteiger partial charge is 0.323 e. The van der Waals surface area contributed by atoms with Crippen molar-refractivity contribution in [1.29, 1.82) is 0 Å². The number of para-hydroxylation sites is 1. The second kappa shape index (κ2) is 9.70. The van der Waals surface area contributed by atoms with Crippen LogP contribution in [0, 0.1) is 0 Å². The zero-order chi connectivity index (χ0) is 24.4. The van der Waals surface area contributed by atoms with Crippen LogP contribution < -0.4 is 20.9 Å². The van der Waals surface area contributed by atoms with E-state index < -0.39 is 0 Å². The van der Waals surface area contributed by atoms with Gasteiger partial charge < -0.3 is 25.4 Å². The van der Waals surface area contributed by atoms with E-state index in [1.807, 2.05) is 49.4 Å². The third kappa shape index (κ3) is 4.67. The van der Waals surface area contributed by atoms with E-state index in [1.165, 1.54) is 10.9 Å². The molecule has 1 saturated heterocycles. The van der Waals surface area contributed by atoms with Crippen LogP contribution >= 0.6 is 0 Å². The number of hydrogen-bond donors (Lipinski definition) is 3. The maximum atomic E-state index is 12.7.